The molecule has 0 rings (SSSR count). The van der Waals surface area contributed by atoms with E-state index in [1.165, 1.54) is 0 Å². The molecule has 0 aromatic heterocycles. The van der Waals surface area contributed by atoms with Gasteiger partial charge in [-0.25, -0.2) is 4.79 Å². The standard InChI is InChI=1S/C6H10O2.C3H6/c1-3-5-8-6(7)4-2;1-3-2/h4H,2-3,5H2,1H3;3H,1H2,2H3. The molecule has 0 aliphatic carbocycles. The van der Waals surface area contributed by atoms with E-state index in [0.717, 1.165) is 12.5 Å². The van der Waals surface area contributed by atoms with Gasteiger partial charge in [-0.15, -0.1) is 6.58 Å². The minimum atomic E-state index is -0.341. The number of carbonyl (C=O) groups excluding carboxylic acids is 1. The molecule has 0 amide bonds. The van der Waals surface area contributed by atoms with Gasteiger partial charge >= 0.3 is 5.97 Å². The quantitative estimate of drug-likeness (QED) is 0.356. The Labute approximate surface area is 68.6 Å². The Morgan fingerprint density at radius 1 is 1.55 bits per heavy atom. The van der Waals surface area contributed by atoms with Gasteiger partial charge in [-0.05, 0) is 13.3 Å². The van der Waals surface area contributed by atoms with E-state index < -0.39 is 0 Å². The highest BCUT2D eigenvalue weighted by Crippen LogP contribution is 1.81. The van der Waals surface area contributed by atoms with E-state index in [1.54, 1.807) is 6.08 Å². The minimum Gasteiger partial charge on any atom is -0.463 e. The SMILES string of the molecule is C=CC.C=CC(=O)OCCC. The second-order valence-corrected chi connectivity index (χ2v) is 1.78. The van der Waals surface area contributed by atoms with Crippen molar-refractivity contribution in [1.82, 2.24) is 0 Å². The van der Waals surface area contributed by atoms with Crippen molar-refractivity contribution >= 4 is 5.97 Å². The largest absolute Gasteiger partial charge is 0.463 e. The molecule has 0 radical (unpaired) electrons. The van der Waals surface area contributed by atoms with Crippen molar-refractivity contribution < 1.29 is 9.53 Å². The first-order valence-electron chi connectivity index (χ1n) is 3.59. The van der Waals surface area contributed by atoms with Crippen LogP contribution in [0.5, 0.6) is 0 Å². The number of hydrogen-bond acceptors (Lipinski definition) is 2. The molecular weight excluding hydrogens is 140 g/mol. The van der Waals surface area contributed by atoms with E-state index >= 15 is 0 Å². The van der Waals surface area contributed by atoms with Gasteiger partial charge in [0.25, 0.3) is 0 Å². The number of esters is 1. The van der Waals surface area contributed by atoms with Crippen LogP contribution in [-0.2, 0) is 9.53 Å². The number of ether oxygens (including phenoxy) is 1. The van der Waals surface area contributed by atoms with Crippen LogP contribution in [0.4, 0.5) is 0 Å². The van der Waals surface area contributed by atoms with Gasteiger partial charge in [0.2, 0.25) is 0 Å². The van der Waals surface area contributed by atoms with Crippen LogP contribution in [0.25, 0.3) is 0 Å². The van der Waals surface area contributed by atoms with E-state index in [9.17, 15) is 4.79 Å². The zero-order chi connectivity index (χ0) is 9.11. The predicted molar refractivity (Wildman–Crippen MR) is 47.3 cm³/mol. The maximum absolute atomic E-state index is 10.2. The van der Waals surface area contributed by atoms with Crippen LogP contribution in [0, 0.1) is 0 Å². The van der Waals surface area contributed by atoms with Crippen molar-refractivity contribution in [2.45, 2.75) is 20.3 Å². The molecule has 0 spiro atoms. The van der Waals surface area contributed by atoms with Crippen LogP contribution in [0.15, 0.2) is 25.3 Å². The van der Waals surface area contributed by atoms with Gasteiger partial charge in [-0.3, -0.25) is 0 Å². The molecule has 0 saturated carbocycles. The third-order valence-electron chi connectivity index (χ3n) is 0.615. The van der Waals surface area contributed by atoms with Crippen LogP contribution in [0.2, 0.25) is 0 Å². The number of allylic oxidation sites excluding steroid dienone is 1. The fourth-order valence-electron chi connectivity index (χ4n) is 0.262. The molecule has 2 heteroatoms. The lowest BCUT2D eigenvalue weighted by Gasteiger charge is -1.94. The third-order valence-corrected chi connectivity index (χ3v) is 0.615. The topological polar surface area (TPSA) is 26.3 Å². The Bertz CT molecular complexity index is 117. The first-order valence-corrected chi connectivity index (χ1v) is 3.59. The second-order valence-electron chi connectivity index (χ2n) is 1.78. The van der Waals surface area contributed by atoms with E-state index in [2.05, 4.69) is 17.9 Å². The molecule has 64 valence electrons. The van der Waals surface area contributed by atoms with Crippen LogP contribution in [-0.4, -0.2) is 12.6 Å². The summed E-state index contributed by atoms with van der Waals surface area (Å²) in [6, 6.07) is 0. The predicted octanol–water partition coefficient (Wildman–Crippen LogP) is 2.32. The van der Waals surface area contributed by atoms with Gasteiger partial charge in [0, 0.05) is 6.08 Å². The second kappa shape index (κ2) is 11.7. The molecule has 0 unspecified atom stereocenters. The minimum absolute atomic E-state index is 0.341. The third kappa shape index (κ3) is 17.6. The number of carbonyl (C=O) groups is 1. The first kappa shape index (κ1) is 12.6. The number of rotatable bonds is 3. The van der Waals surface area contributed by atoms with Crippen LogP contribution in [0.3, 0.4) is 0 Å². The van der Waals surface area contributed by atoms with E-state index in [1.807, 2.05) is 13.8 Å². The molecule has 0 aliphatic rings. The zero-order valence-electron chi connectivity index (χ0n) is 7.30. The molecule has 0 aliphatic heterocycles. The van der Waals surface area contributed by atoms with Crippen molar-refractivity contribution in [2.24, 2.45) is 0 Å². The van der Waals surface area contributed by atoms with Crippen molar-refractivity contribution in [3.63, 3.8) is 0 Å². The molecule has 0 fully saturated rings. The highest BCUT2D eigenvalue weighted by Gasteiger charge is 1.89. The normalized spacial score (nSPS) is 7.09. The maximum atomic E-state index is 10.2. The highest BCUT2D eigenvalue weighted by atomic mass is 16.5. The Morgan fingerprint density at radius 3 is 2.27 bits per heavy atom. The maximum Gasteiger partial charge on any atom is 0.330 e. The lowest BCUT2D eigenvalue weighted by atomic mass is 10.5. The Kier molecular flexibility index (Phi) is 13.4. The summed E-state index contributed by atoms with van der Waals surface area (Å²) in [4.78, 5) is 10.2. The van der Waals surface area contributed by atoms with Gasteiger partial charge in [-0.2, -0.15) is 0 Å². The Balaban J connectivity index is 0. The summed E-state index contributed by atoms with van der Waals surface area (Å²) in [6.45, 7) is 10.9. The fourth-order valence-corrected chi connectivity index (χ4v) is 0.262. The lowest BCUT2D eigenvalue weighted by molar-refractivity contribution is -0.137. The van der Waals surface area contributed by atoms with E-state index in [4.69, 9.17) is 0 Å². The summed E-state index contributed by atoms with van der Waals surface area (Å²) < 4.78 is 4.58. The molecular formula is C9H16O2. The summed E-state index contributed by atoms with van der Waals surface area (Å²) in [5.41, 5.74) is 0. The average molecular weight is 156 g/mol. The summed E-state index contributed by atoms with van der Waals surface area (Å²) in [7, 11) is 0. The lowest BCUT2D eigenvalue weighted by Crippen LogP contribution is -1.99. The van der Waals surface area contributed by atoms with Gasteiger partial charge in [0.1, 0.15) is 0 Å². The van der Waals surface area contributed by atoms with Crippen LogP contribution in [0.1, 0.15) is 20.3 Å². The van der Waals surface area contributed by atoms with Crippen molar-refractivity contribution in [1.29, 1.82) is 0 Å². The van der Waals surface area contributed by atoms with Crippen molar-refractivity contribution in [2.75, 3.05) is 6.61 Å². The molecule has 0 saturated heterocycles. The summed E-state index contributed by atoms with van der Waals surface area (Å²) in [5.74, 6) is -0.341. The fraction of sp³-hybridized carbons (Fsp3) is 0.444. The molecule has 0 bridgehead atoms. The van der Waals surface area contributed by atoms with E-state index in [-0.39, 0.29) is 5.97 Å². The van der Waals surface area contributed by atoms with Gasteiger partial charge in [-0.1, -0.05) is 19.6 Å². The first-order chi connectivity index (χ1) is 5.22. The monoisotopic (exact) mass is 156 g/mol. The highest BCUT2D eigenvalue weighted by molar-refractivity contribution is 5.81. The Hall–Kier alpha value is -1.05. The smallest absolute Gasteiger partial charge is 0.330 e. The number of hydrogen-bond donors (Lipinski definition) is 0. The molecule has 2 nitrogen and oxygen atoms in total. The van der Waals surface area contributed by atoms with Gasteiger partial charge < -0.3 is 4.74 Å². The Morgan fingerprint density at radius 2 is 2.00 bits per heavy atom. The molecule has 0 aromatic rings. The molecule has 0 N–H and O–H groups in total. The summed E-state index contributed by atoms with van der Waals surface area (Å²) in [6.07, 6.45) is 3.77. The van der Waals surface area contributed by atoms with Gasteiger partial charge in [0.05, 0.1) is 6.61 Å². The van der Waals surface area contributed by atoms with Crippen molar-refractivity contribution in [3.05, 3.63) is 25.3 Å². The van der Waals surface area contributed by atoms with Crippen LogP contribution >= 0.6 is 0 Å². The molecule has 0 aromatic carbocycles. The van der Waals surface area contributed by atoms with E-state index in [0.29, 0.717) is 6.61 Å². The molecule has 0 atom stereocenters. The average Bonchev–Trinajstić information content (AvgIpc) is 2.02. The summed E-state index contributed by atoms with van der Waals surface area (Å²) >= 11 is 0. The summed E-state index contributed by atoms with van der Waals surface area (Å²) in [5, 5.41) is 0. The zero-order valence-corrected chi connectivity index (χ0v) is 7.30. The van der Waals surface area contributed by atoms with Crippen molar-refractivity contribution in [3.8, 4) is 0 Å². The molecule has 0 heterocycles. The van der Waals surface area contributed by atoms with Crippen LogP contribution < -0.4 is 0 Å². The molecule has 11 heavy (non-hydrogen) atoms. The van der Waals surface area contributed by atoms with Gasteiger partial charge in [0.15, 0.2) is 0 Å².